The second kappa shape index (κ2) is 16.2. The van der Waals surface area contributed by atoms with E-state index < -0.39 is 82.2 Å². The first kappa shape index (κ1) is 39.1. The third-order valence-electron chi connectivity index (χ3n) is 5.58. The number of rotatable bonds is 9. The Morgan fingerprint density at radius 2 is 1.23 bits per heavy atom. The van der Waals surface area contributed by atoms with E-state index in [4.69, 9.17) is 11.6 Å². The van der Waals surface area contributed by atoms with Gasteiger partial charge in [0.2, 0.25) is 0 Å². The molecule has 230 valence electrons. The smallest absolute Gasteiger partial charge is 0.744 e. The number of aromatic carboxylic acids is 1. The summed E-state index contributed by atoms with van der Waals surface area (Å²) < 4.78 is 34.3. The van der Waals surface area contributed by atoms with Gasteiger partial charge in [-0.1, -0.05) is 11.6 Å². The zero-order chi connectivity index (χ0) is 33.1. The summed E-state index contributed by atoms with van der Waals surface area (Å²) in [6.07, 6.45) is 0. The maximum atomic E-state index is 11.4. The Balaban J connectivity index is 0.00000384. The van der Waals surface area contributed by atoms with Gasteiger partial charge in [-0.2, -0.15) is 10.2 Å². The number of hydrogen-bond donors (Lipinski definition) is 4. The molecule has 0 radical (unpaired) electrons. The van der Waals surface area contributed by atoms with Crippen molar-refractivity contribution in [3.8, 4) is 23.0 Å². The molecule has 0 bridgehead atoms. The minimum atomic E-state index is -5.04. The van der Waals surface area contributed by atoms with Gasteiger partial charge in [0.05, 0.1) is 32.2 Å². The number of nitro benzene ring substituents is 1. The summed E-state index contributed by atoms with van der Waals surface area (Å²) in [7, 11) is -5.04. The van der Waals surface area contributed by atoms with Crippen LogP contribution in [0, 0.1) is 10.1 Å². The molecule has 0 spiro atoms. The van der Waals surface area contributed by atoms with Crippen molar-refractivity contribution >= 4 is 67.5 Å². The maximum Gasteiger partial charge on any atom is 1.00 e. The topological polar surface area (TPSA) is 296 Å². The molecule has 4 N–H and O–H groups in total. The average Bonchev–Trinajstić information content (AvgIpc) is 2.98. The number of nitro groups is 1. The van der Waals surface area contributed by atoms with Crippen molar-refractivity contribution in [1.82, 2.24) is 0 Å². The first-order valence-electron chi connectivity index (χ1n) is 11.8. The van der Waals surface area contributed by atoms with Gasteiger partial charge in [-0.05, 0) is 42.5 Å². The monoisotopic (exact) mass is 701 g/mol. The molecular formula is C25H14ClN7Na2O11S. The van der Waals surface area contributed by atoms with E-state index >= 15 is 0 Å². The van der Waals surface area contributed by atoms with Gasteiger partial charge in [0.1, 0.15) is 32.9 Å². The Morgan fingerprint density at radius 3 is 1.77 bits per heavy atom. The molecule has 0 aliphatic heterocycles. The number of carboxylic acid groups (broad SMARTS) is 1. The molecule has 0 amide bonds. The Labute approximate surface area is 312 Å². The van der Waals surface area contributed by atoms with Gasteiger partial charge in [0.25, 0.3) is 5.69 Å². The van der Waals surface area contributed by atoms with Crippen molar-refractivity contribution in [2.45, 2.75) is 4.90 Å². The zero-order valence-electron chi connectivity index (χ0n) is 23.8. The molecule has 0 fully saturated rings. The molecule has 0 unspecified atom stereocenters. The Kier molecular flexibility index (Phi) is 13.5. The fourth-order valence-corrected chi connectivity index (χ4v) is 4.16. The van der Waals surface area contributed by atoms with Crippen LogP contribution in [-0.2, 0) is 10.1 Å². The molecule has 0 heterocycles. The van der Waals surface area contributed by atoms with Gasteiger partial charge in [-0.3, -0.25) is 10.1 Å². The van der Waals surface area contributed by atoms with Crippen LogP contribution >= 0.6 is 11.6 Å². The van der Waals surface area contributed by atoms with E-state index in [1.165, 1.54) is 18.2 Å². The van der Waals surface area contributed by atoms with Gasteiger partial charge in [0.15, 0.2) is 22.9 Å². The summed E-state index contributed by atoms with van der Waals surface area (Å²) >= 11 is 5.79. The van der Waals surface area contributed by atoms with Gasteiger partial charge in [0, 0.05) is 23.8 Å². The standard InChI is InChI=1S/C25H16ClN7O11S.2Na/c26-16-8-14(45(42,43)44)9-17(22(16)35)30-31-19-10-18(29-28-12-3-6-20(34)15(7-12)25(38)39)23(36)21(24(19)37)32-27-11-1-4-13(5-2-11)33(40)41;;/h1-10,34-37H,(H,38,39)(H,42,43,44);;/q;2*+1/p-2. The van der Waals surface area contributed by atoms with Crippen LogP contribution in [0.2, 0.25) is 5.02 Å². The van der Waals surface area contributed by atoms with Crippen LogP contribution in [0.5, 0.6) is 23.0 Å². The number of carbonyl (C=O) groups is 1. The number of aromatic hydroxyl groups is 4. The van der Waals surface area contributed by atoms with E-state index in [0.29, 0.717) is 12.1 Å². The van der Waals surface area contributed by atoms with E-state index in [2.05, 4.69) is 30.7 Å². The second-order valence-electron chi connectivity index (χ2n) is 8.55. The number of hydrogen-bond acceptors (Lipinski definition) is 17. The van der Waals surface area contributed by atoms with Crippen LogP contribution in [0.15, 0.2) is 96.2 Å². The number of phenolic OH excluding ortho intramolecular Hbond substituents is 3. The zero-order valence-corrected chi connectivity index (χ0v) is 29.4. The number of non-ortho nitro benzene ring substituents is 1. The number of nitrogens with zero attached hydrogens (tertiary/aromatic N) is 7. The summed E-state index contributed by atoms with van der Waals surface area (Å²) in [5, 5.41) is 85.5. The van der Waals surface area contributed by atoms with Crippen LogP contribution in [0.1, 0.15) is 10.4 Å². The first-order chi connectivity index (χ1) is 21.1. The van der Waals surface area contributed by atoms with Crippen molar-refractivity contribution in [2.75, 3.05) is 0 Å². The molecule has 0 atom stereocenters. The minimum Gasteiger partial charge on any atom is -0.744 e. The molecule has 4 aromatic carbocycles. The summed E-state index contributed by atoms with van der Waals surface area (Å²) in [4.78, 5) is 20.6. The van der Waals surface area contributed by atoms with Crippen LogP contribution in [0.4, 0.5) is 39.8 Å². The number of azo groups is 3. The van der Waals surface area contributed by atoms with Crippen LogP contribution in [0.3, 0.4) is 0 Å². The van der Waals surface area contributed by atoms with Gasteiger partial charge < -0.3 is 34.9 Å². The molecule has 0 aliphatic rings. The molecule has 4 aromatic rings. The quantitative estimate of drug-likeness (QED) is 0.0572. The predicted molar refractivity (Wildman–Crippen MR) is 149 cm³/mol. The Morgan fingerprint density at radius 1 is 0.723 bits per heavy atom. The second-order valence-corrected chi connectivity index (χ2v) is 10.3. The van der Waals surface area contributed by atoms with E-state index in [9.17, 15) is 53.4 Å². The van der Waals surface area contributed by atoms with Crippen LogP contribution < -0.4 is 64.2 Å². The first-order valence-corrected chi connectivity index (χ1v) is 13.6. The number of halogens is 1. The van der Waals surface area contributed by atoms with E-state index in [-0.39, 0.29) is 76.2 Å². The summed E-state index contributed by atoms with van der Waals surface area (Å²) in [6, 6.07) is 9.96. The summed E-state index contributed by atoms with van der Waals surface area (Å²) in [6.45, 7) is 0. The fourth-order valence-electron chi connectivity index (χ4n) is 3.37. The average molecular weight is 702 g/mol. The van der Waals surface area contributed by atoms with E-state index in [1.54, 1.807) is 0 Å². The predicted octanol–water partition coefficient (Wildman–Crippen LogP) is -0.408. The van der Waals surface area contributed by atoms with Crippen LogP contribution in [-0.4, -0.2) is 44.3 Å². The molecule has 22 heteroatoms. The largest absolute Gasteiger partial charge is 1.00 e. The summed E-state index contributed by atoms with van der Waals surface area (Å²) in [5.41, 5.74) is -3.26. The molecule has 4 rings (SSSR count). The number of carbonyl (C=O) groups excluding carboxylic acids is 1. The maximum absolute atomic E-state index is 11.4. The van der Waals surface area contributed by atoms with E-state index in [1.807, 2.05) is 0 Å². The molecule has 0 saturated carbocycles. The summed E-state index contributed by atoms with van der Waals surface area (Å²) in [5.74, 6) is -4.84. The number of carboxylic acids is 1. The molecule has 18 nitrogen and oxygen atoms in total. The molecule has 0 aliphatic carbocycles. The molecular weight excluding hydrogens is 688 g/mol. The van der Waals surface area contributed by atoms with Crippen molar-refractivity contribution < 1.29 is 107 Å². The number of benzene rings is 4. The van der Waals surface area contributed by atoms with Gasteiger partial charge >= 0.3 is 59.1 Å². The van der Waals surface area contributed by atoms with E-state index in [0.717, 1.165) is 30.3 Å². The van der Waals surface area contributed by atoms with Crippen molar-refractivity contribution in [3.05, 3.63) is 81.4 Å². The van der Waals surface area contributed by atoms with Gasteiger partial charge in [-0.25, -0.2) is 8.42 Å². The fraction of sp³-hybridized carbons (Fsp3) is 0. The Bertz CT molecular complexity index is 2060. The molecule has 0 aromatic heterocycles. The molecule has 47 heavy (non-hydrogen) atoms. The molecule has 0 saturated heterocycles. The van der Waals surface area contributed by atoms with Crippen molar-refractivity contribution in [3.63, 3.8) is 0 Å². The SMILES string of the molecule is O=C([O-])c1cc(N=Nc2cc(N=Nc3cc(S(=O)(=O)[O-])cc(Cl)c3O)c(O)c(N=Nc3ccc([N+](=O)[O-])cc3)c2O)ccc1O.[Na+].[Na+]. The normalized spacial score (nSPS) is 11.4. The third kappa shape index (κ3) is 9.50. The number of phenols is 4. The van der Waals surface area contributed by atoms with Crippen molar-refractivity contribution in [2.24, 2.45) is 30.7 Å². The minimum absolute atomic E-state index is 0. The van der Waals surface area contributed by atoms with Crippen LogP contribution in [0.25, 0.3) is 0 Å². The van der Waals surface area contributed by atoms with Crippen molar-refractivity contribution in [1.29, 1.82) is 0 Å². The van der Waals surface area contributed by atoms with Gasteiger partial charge in [-0.15, -0.1) is 20.5 Å². The third-order valence-corrected chi connectivity index (χ3v) is 6.68. The Hall–Kier alpha value is -4.05.